The van der Waals surface area contributed by atoms with Gasteiger partial charge in [0.15, 0.2) is 0 Å². The maximum absolute atomic E-state index is 10.2. The number of benzene rings is 2. The lowest BCUT2D eigenvalue weighted by atomic mass is 9.84. The molecule has 0 atom stereocenters. The predicted octanol–water partition coefficient (Wildman–Crippen LogP) is 5.49. The summed E-state index contributed by atoms with van der Waals surface area (Å²) in [4.78, 5) is 0. The standard InChI is InChI=1S/C21H26O2/c1-13-11-19(22)18(21(4,5)6)12-17(13)8-7-16-9-14(2)20(23)15(3)10-16/h7-12,22-23H,1-6H3. The van der Waals surface area contributed by atoms with E-state index in [1.807, 2.05) is 45.0 Å². The fourth-order valence-electron chi connectivity index (χ4n) is 2.76. The fourth-order valence-corrected chi connectivity index (χ4v) is 2.76. The van der Waals surface area contributed by atoms with Gasteiger partial charge in [0.1, 0.15) is 11.5 Å². The molecule has 0 aromatic heterocycles. The van der Waals surface area contributed by atoms with E-state index >= 15 is 0 Å². The number of aryl methyl sites for hydroxylation is 3. The maximum Gasteiger partial charge on any atom is 0.121 e. The molecule has 0 saturated carbocycles. The van der Waals surface area contributed by atoms with Crippen molar-refractivity contribution in [1.82, 2.24) is 0 Å². The Morgan fingerprint density at radius 3 is 1.87 bits per heavy atom. The molecule has 122 valence electrons. The summed E-state index contributed by atoms with van der Waals surface area (Å²) in [6.45, 7) is 12.1. The van der Waals surface area contributed by atoms with E-state index in [0.717, 1.165) is 33.4 Å². The molecule has 0 fully saturated rings. The van der Waals surface area contributed by atoms with Crippen molar-refractivity contribution < 1.29 is 10.2 Å². The van der Waals surface area contributed by atoms with Crippen LogP contribution in [0.25, 0.3) is 12.2 Å². The first kappa shape index (κ1) is 17.1. The molecule has 0 unspecified atom stereocenters. The van der Waals surface area contributed by atoms with Gasteiger partial charge in [-0.15, -0.1) is 0 Å². The molecule has 0 amide bonds. The monoisotopic (exact) mass is 310 g/mol. The lowest BCUT2D eigenvalue weighted by Gasteiger charge is -2.21. The summed E-state index contributed by atoms with van der Waals surface area (Å²) in [6.07, 6.45) is 4.11. The smallest absolute Gasteiger partial charge is 0.121 e. The van der Waals surface area contributed by atoms with Crippen molar-refractivity contribution in [3.63, 3.8) is 0 Å². The molecule has 2 aromatic carbocycles. The Bertz CT molecular complexity index is 739. The van der Waals surface area contributed by atoms with Crippen LogP contribution in [0.1, 0.15) is 54.2 Å². The van der Waals surface area contributed by atoms with E-state index in [9.17, 15) is 10.2 Å². The van der Waals surface area contributed by atoms with Gasteiger partial charge >= 0.3 is 0 Å². The highest BCUT2D eigenvalue weighted by atomic mass is 16.3. The zero-order valence-corrected chi connectivity index (χ0v) is 14.9. The molecule has 2 N–H and O–H groups in total. The summed E-state index contributed by atoms with van der Waals surface area (Å²) in [7, 11) is 0. The van der Waals surface area contributed by atoms with E-state index in [0.29, 0.717) is 11.5 Å². The van der Waals surface area contributed by atoms with Gasteiger partial charge in [0, 0.05) is 0 Å². The number of phenolic OH excluding ortho intramolecular Hbond substituents is 2. The largest absolute Gasteiger partial charge is 0.508 e. The quantitative estimate of drug-likeness (QED) is 0.720. The van der Waals surface area contributed by atoms with Crippen LogP contribution in [0.5, 0.6) is 11.5 Å². The van der Waals surface area contributed by atoms with Crippen molar-refractivity contribution in [2.24, 2.45) is 0 Å². The third-order valence-corrected chi connectivity index (χ3v) is 4.16. The summed E-state index contributed by atoms with van der Waals surface area (Å²) in [6, 6.07) is 7.83. The minimum atomic E-state index is -0.105. The van der Waals surface area contributed by atoms with E-state index in [-0.39, 0.29) is 5.41 Å². The third-order valence-electron chi connectivity index (χ3n) is 4.16. The van der Waals surface area contributed by atoms with Gasteiger partial charge < -0.3 is 10.2 Å². The van der Waals surface area contributed by atoms with Gasteiger partial charge in [-0.05, 0) is 83.8 Å². The molecular weight excluding hydrogens is 284 g/mol. The Labute approximate surface area is 139 Å². The Kier molecular flexibility index (Phi) is 4.56. The lowest BCUT2D eigenvalue weighted by Crippen LogP contribution is -2.11. The molecule has 23 heavy (non-hydrogen) atoms. The van der Waals surface area contributed by atoms with Crippen LogP contribution in [-0.4, -0.2) is 10.2 Å². The van der Waals surface area contributed by atoms with Crippen LogP contribution >= 0.6 is 0 Å². The maximum atomic E-state index is 10.2. The van der Waals surface area contributed by atoms with Gasteiger partial charge in [0.05, 0.1) is 0 Å². The van der Waals surface area contributed by atoms with Gasteiger partial charge in [-0.1, -0.05) is 32.9 Å². The van der Waals surface area contributed by atoms with Crippen molar-refractivity contribution in [1.29, 1.82) is 0 Å². The molecule has 0 spiro atoms. The van der Waals surface area contributed by atoms with Crippen LogP contribution < -0.4 is 0 Å². The Balaban J connectivity index is 2.44. The Morgan fingerprint density at radius 2 is 1.35 bits per heavy atom. The molecule has 2 aromatic rings. The molecule has 0 heterocycles. The first-order valence-electron chi connectivity index (χ1n) is 7.92. The summed E-state index contributed by atoms with van der Waals surface area (Å²) in [5.41, 5.74) is 5.79. The average Bonchev–Trinajstić information content (AvgIpc) is 2.42. The SMILES string of the molecule is Cc1cc(O)c(C(C)(C)C)cc1C=Cc1cc(C)c(O)c(C)c1. The first-order chi connectivity index (χ1) is 10.6. The summed E-state index contributed by atoms with van der Waals surface area (Å²) in [5.74, 6) is 0.710. The fraction of sp³-hybridized carbons (Fsp3) is 0.333. The second-order valence-electron chi connectivity index (χ2n) is 7.31. The molecule has 0 aliphatic carbocycles. The van der Waals surface area contributed by atoms with Gasteiger partial charge in [-0.2, -0.15) is 0 Å². The van der Waals surface area contributed by atoms with Crippen LogP contribution in [0.2, 0.25) is 0 Å². The highest BCUT2D eigenvalue weighted by Crippen LogP contribution is 2.33. The predicted molar refractivity (Wildman–Crippen MR) is 98.1 cm³/mol. The number of phenols is 2. The Hall–Kier alpha value is -2.22. The zero-order valence-electron chi connectivity index (χ0n) is 14.9. The minimum Gasteiger partial charge on any atom is -0.508 e. The number of hydrogen-bond acceptors (Lipinski definition) is 2. The Morgan fingerprint density at radius 1 is 0.783 bits per heavy atom. The number of rotatable bonds is 2. The van der Waals surface area contributed by atoms with Crippen LogP contribution in [0, 0.1) is 20.8 Å². The second-order valence-corrected chi connectivity index (χ2v) is 7.31. The second kappa shape index (κ2) is 6.11. The molecule has 0 radical (unpaired) electrons. The molecule has 2 heteroatoms. The minimum absolute atomic E-state index is 0.105. The normalized spacial score (nSPS) is 12.1. The van der Waals surface area contributed by atoms with Crippen molar-refractivity contribution in [2.45, 2.75) is 47.0 Å². The van der Waals surface area contributed by atoms with E-state index in [4.69, 9.17) is 0 Å². The summed E-state index contributed by atoms with van der Waals surface area (Å²) >= 11 is 0. The van der Waals surface area contributed by atoms with Gasteiger partial charge in [-0.3, -0.25) is 0 Å². The molecule has 2 nitrogen and oxygen atoms in total. The zero-order chi connectivity index (χ0) is 17.4. The molecule has 0 aliphatic heterocycles. The van der Waals surface area contributed by atoms with Gasteiger partial charge in [-0.25, -0.2) is 0 Å². The van der Waals surface area contributed by atoms with Crippen LogP contribution in [0.15, 0.2) is 24.3 Å². The molecular formula is C21H26O2. The topological polar surface area (TPSA) is 40.5 Å². The average molecular weight is 310 g/mol. The van der Waals surface area contributed by atoms with E-state index in [1.165, 1.54) is 0 Å². The van der Waals surface area contributed by atoms with Crippen molar-refractivity contribution in [2.75, 3.05) is 0 Å². The van der Waals surface area contributed by atoms with Crippen LogP contribution in [0.3, 0.4) is 0 Å². The first-order valence-corrected chi connectivity index (χ1v) is 7.92. The molecule has 0 saturated heterocycles. The van der Waals surface area contributed by atoms with Crippen molar-refractivity contribution >= 4 is 12.2 Å². The van der Waals surface area contributed by atoms with E-state index in [2.05, 4.69) is 32.9 Å². The number of hydrogen-bond donors (Lipinski definition) is 2. The van der Waals surface area contributed by atoms with Gasteiger partial charge in [0.2, 0.25) is 0 Å². The molecule has 2 rings (SSSR count). The van der Waals surface area contributed by atoms with Crippen molar-refractivity contribution in [3.05, 3.63) is 57.6 Å². The summed E-state index contributed by atoms with van der Waals surface area (Å²) in [5, 5.41) is 20.1. The highest BCUT2D eigenvalue weighted by molar-refractivity contribution is 5.73. The van der Waals surface area contributed by atoms with Gasteiger partial charge in [0.25, 0.3) is 0 Å². The van der Waals surface area contributed by atoms with E-state index < -0.39 is 0 Å². The highest BCUT2D eigenvalue weighted by Gasteiger charge is 2.19. The van der Waals surface area contributed by atoms with E-state index in [1.54, 1.807) is 0 Å². The lowest BCUT2D eigenvalue weighted by molar-refractivity contribution is 0.446. The molecule has 0 bridgehead atoms. The summed E-state index contributed by atoms with van der Waals surface area (Å²) < 4.78 is 0. The molecule has 0 aliphatic rings. The number of aromatic hydroxyl groups is 2. The third kappa shape index (κ3) is 3.76. The van der Waals surface area contributed by atoms with Crippen molar-refractivity contribution in [3.8, 4) is 11.5 Å². The van der Waals surface area contributed by atoms with Crippen LogP contribution in [-0.2, 0) is 5.41 Å². The van der Waals surface area contributed by atoms with Crippen LogP contribution in [0.4, 0.5) is 0 Å².